The van der Waals surface area contributed by atoms with Gasteiger partial charge in [-0.15, -0.1) is 11.8 Å². The van der Waals surface area contributed by atoms with E-state index in [2.05, 4.69) is 58.7 Å². The van der Waals surface area contributed by atoms with Gasteiger partial charge in [0.05, 0.1) is 0 Å². The van der Waals surface area contributed by atoms with Crippen LogP contribution in [0, 0.1) is 0 Å². The van der Waals surface area contributed by atoms with E-state index >= 15 is 0 Å². The van der Waals surface area contributed by atoms with Crippen LogP contribution < -0.4 is 10.7 Å². The van der Waals surface area contributed by atoms with Gasteiger partial charge < -0.3 is 4.98 Å². The van der Waals surface area contributed by atoms with Crippen molar-refractivity contribution in [1.29, 1.82) is 0 Å². The van der Waals surface area contributed by atoms with Crippen LogP contribution in [0.15, 0.2) is 52.5 Å². The minimum Gasteiger partial charge on any atom is -0.346 e. The maximum atomic E-state index is 4.48. The van der Waals surface area contributed by atoms with E-state index in [1.807, 2.05) is 6.20 Å². The molecule has 1 aliphatic rings. The molecule has 1 N–H and O–H groups in total. The predicted molar refractivity (Wildman–Crippen MR) is 81.7 cm³/mol. The number of benzene rings is 1. The first-order valence-electron chi connectivity index (χ1n) is 6.40. The molecule has 1 aromatic carbocycles. The monoisotopic (exact) mass is 268 g/mol. The predicted octanol–water partition coefficient (Wildman–Crippen LogP) is 2.62. The lowest BCUT2D eigenvalue weighted by atomic mass is 10.1. The number of aromatic amines is 1. The molecule has 2 aromatic rings. The number of rotatable bonds is 3. The van der Waals surface area contributed by atoms with E-state index in [9.17, 15) is 0 Å². The van der Waals surface area contributed by atoms with E-state index < -0.39 is 0 Å². The molecule has 96 valence electrons. The van der Waals surface area contributed by atoms with Crippen molar-refractivity contribution >= 4 is 23.4 Å². The first-order valence-corrected chi connectivity index (χ1v) is 7.63. The maximum absolute atomic E-state index is 4.48. The van der Waals surface area contributed by atoms with Crippen molar-refractivity contribution in [2.75, 3.05) is 12.8 Å². The Balaban J connectivity index is 2.01. The number of nitrogens with zero attached hydrogens (tertiary/aromatic N) is 1. The molecule has 19 heavy (non-hydrogen) atoms. The molecule has 0 saturated heterocycles. The Bertz CT molecular complexity index is 725. The van der Waals surface area contributed by atoms with E-state index in [-0.39, 0.29) is 0 Å². The van der Waals surface area contributed by atoms with Crippen LogP contribution in [0.5, 0.6) is 0 Å². The van der Waals surface area contributed by atoms with Gasteiger partial charge in [0.15, 0.2) is 0 Å². The quantitative estimate of drug-likeness (QED) is 0.852. The molecule has 0 spiro atoms. The third-order valence-electron chi connectivity index (χ3n) is 3.33. The lowest BCUT2D eigenvalue weighted by molar-refractivity contribution is 0.921. The van der Waals surface area contributed by atoms with Gasteiger partial charge in [-0.3, -0.25) is 4.99 Å². The Labute approximate surface area is 117 Å². The van der Waals surface area contributed by atoms with E-state index in [1.165, 1.54) is 21.3 Å². The van der Waals surface area contributed by atoms with Crippen LogP contribution in [0.4, 0.5) is 0 Å². The second-order valence-electron chi connectivity index (χ2n) is 4.47. The highest BCUT2D eigenvalue weighted by Crippen LogP contribution is 2.21. The third-order valence-corrected chi connectivity index (χ3v) is 4.14. The maximum Gasteiger partial charge on any atom is 0.132 e. The lowest BCUT2D eigenvalue weighted by Gasteiger charge is -2.05. The average molecular weight is 268 g/mol. The molecule has 3 heteroatoms. The summed E-state index contributed by atoms with van der Waals surface area (Å²) in [5, 5.41) is 1.24. The largest absolute Gasteiger partial charge is 0.346 e. The molecular formula is C16H16N2S. The van der Waals surface area contributed by atoms with Gasteiger partial charge >= 0.3 is 0 Å². The molecular weight excluding hydrogens is 252 g/mol. The van der Waals surface area contributed by atoms with Crippen LogP contribution in [-0.4, -0.2) is 17.8 Å². The van der Waals surface area contributed by atoms with E-state index in [1.54, 1.807) is 11.8 Å². The zero-order valence-electron chi connectivity index (χ0n) is 10.9. The molecule has 0 atom stereocenters. The van der Waals surface area contributed by atoms with Crippen LogP contribution in [-0.2, 0) is 0 Å². The van der Waals surface area contributed by atoms with Crippen molar-refractivity contribution in [3.05, 3.63) is 58.9 Å². The molecule has 0 aliphatic carbocycles. The van der Waals surface area contributed by atoms with E-state index in [0.717, 1.165) is 18.5 Å². The summed E-state index contributed by atoms with van der Waals surface area (Å²) in [6, 6.07) is 10.6. The Kier molecular flexibility index (Phi) is 3.56. The Morgan fingerprint density at radius 3 is 3.00 bits per heavy atom. The molecule has 3 rings (SSSR count). The number of thioether (sulfide) groups is 1. The summed E-state index contributed by atoms with van der Waals surface area (Å²) < 4.78 is 0. The second kappa shape index (κ2) is 5.49. The van der Waals surface area contributed by atoms with Crippen molar-refractivity contribution in [1.82, 2.24) is 4.98 Å². The second-order valence-corrected chi connectivity index (χ2v) is 5.32. The summed E-state index contributed by atoms with van der Waals surface area (Å²) in [4.78, 5) is 8.97. The summed E-state index contributed by atoms with van der Waals surface area (Å²) in [6.45, 7) is 0.872. The fourth-order valence-corrected chi connectivity index (χ4v) is 2.93. The zero-order valence-corrected chi connectivity index (χ0v) is 11.7. The number of fused-ring (bicyclic) bond motifs is 1. The van der Waals surface area contributed by atoms with E-state index in [0.29, 0.717) is 0 Å². The fourth-order valence-electron chi connectivity index (χ4n) is 2.34. The number of hydrogen-bond donors (Lipinski definition) is 1. The number of hydrogen-bond acceptors (Lipinski definition) is 2. The summed E-state index contributed by atoms with van der Waals surface area (Å²) in [5.41, 5.74) is 3.66. The average Bonchev–Trinajstić information content (AvgIpc) is 2.94. The molecule has 0 radical (unpaired) electrons. The molecule has 0 bridgehead atoms. The molecule has 0 saturated carbocycles. The van der Waals surface area contributed by atoms with Crippen LogP contribution >= 0.6 is 11.8 Å². The van der Waals surface area contributed by atoms with E-state index in [4.69, 9.17) is 0 Å². The smallest absolute Gasteiger partial charge is 0.132 e. The lowest BCUT2D eigenvalue weighted by Crippen LogP contribution is -2.28. The number of H-pyrrole nitrogens is 1. The highest BCUT2D eigenvalue weighted by molar-refractivity contribution is 7.98. The van der Waals surface area contributed by atoms with Gasteiger partial charge in [0, 0.05) is 22.9 Å². The molecule has 2 nitrogen and oxygen atoms in total. The van der Waals surface area contributed by atoms with Crippen LogP contribution in [0.2, 0.25) is 0 Å². The van der Waals surface area contributed by atoms with Gasteiger partial charge in [0.2, 0.25) is 0 Å². The van der Waals surface area contributed by atoms with Gasteiger partial charge in [-0.25, -0.2) is 0 Å². The van der Waals surface area contributed by atoms with Gasteiger partial charge in [0.1, 0.15) is 5.49 Å². The zero-order chi connectivity index (χ0) is 13.1. The summed E-state index contributed by atoms with van der Waals surface area (Å²) in [7, 11) is 0. The van der Waals surface area contributed by atoms with Crippen molar-refractivity contribution < 1.29 is 0 Å². The third kappa shape index (κ3) is 2.51. The molecule has 1 aliphatic heterocycles. The Hall–Kier alpha value is -1.74. The SMILES string of the molecule is CSc1ccccc1/C=C/C1=c2cc[nH]c2=NCC1. The van der Waals surface area contributed by atoms with Gasteiger partial charge in [-0.2, -0.15) is 0 Å². The van der Waals surface area contributed by atoms with Crippen molar-refractivity contribution in [2.45, 2.75) is 11.3 Å². The highest BCUT2D eigenvalue weighted by Gasteiger charge is 2.03. The molecule has 1 aromatic heterocycles. The minimum absolute atomic E-state index is 0.872. The Morgan fingerprint density at radius 1 is 1.21 bits per heavy atom. The van der Waals surface area contributed by atoms with Crippen molar-refractivity contribution in [2.24, 2.45) is 4.99 Å². The summed E-state index contributed by atoms with van der Waals surface area (Å²) in [5.74, 6) is 0. The fraction of sp³-hybridized carbons (Fsp3) is 0.188. The molecule has 0 unspecified atom stereocenters. The highest BCUT2D eigenvalue weighted by atomic mass is 32.2. The topological polar surface area (TPSA) is 28.1 Å². The molecule has 0 fully saturated rings. The number of allylic oxidation sites excluding steroid dienone is 1. The van der Waals surface area contributed by atoms with Gasteiger partial charge in [-0.05, 0) is 35.9 Å². The standard InChI is InChI=1S/C16H16N2S/c1-19-15-5-3-2-4-13(15)7-6-12-8-10-17-16-14(12)9-11-18-16/h2-7,9,11H,8,10H2,1H3,(H,17,18)/b7-6+. The van der Waals surface area contributed by atoms with Crippen LogP contribution in [0.25, 0.3) is 11.6 Å². The Morgan fingerprint density at radius 2 is 2.11 bits per heavy atom. The number of aromatic nitrogens is 1. The van der Waals surface area contributed by atoms with Crippen LogP contribution in [0.3, 0.4) is 0 Å². The normalized spacial score (nSPS) is 14.5. The van der Waals surface area contributed by atoms with Crippen LogP contribution in [0.1, 0.15) is 12.0 Å². The first kappa shape index (κ1) is 12.3. The molecule has 0 amide bonds. The summed E-state index contributed by atoms with van der Waals surface area (Å²) in [6.07, 6.45) is 9.54. The summed E-state index contributed by atoms with van der Waals surface area (Å²) >= 11 is 1.78. The minimum atomic E-state index is 0.872. The van der Waals surface area contributed by atoms with Crippen molar-refractivity contribution in [3.8, 4) is 0 Å². The van der Waals surface area contributed by atoms with Crippen molar-refractivity contribution in [3.63, 3.8) is 0 Å². The number of nitrogens with one attached hydrogen (secondary N) is 1. The first-order chi connectivity index (χ1) is 9.38. The molecule has 2 heterocycles. The van der Waals surface area contributed by atoms with Gasteiger partial charge in [-0.1, -0.05) is 30.4 Å². The van der Waals surface area contributed by atoms with Gasteiger partial charge in [0.25, 0.3) is 0 Å².